The number of nitrogen functional groups attached to an aromatic ring is 1. The SMILES string of the molecule is N=C(N)c1ccc(N2CCC(C(=O)NC3CCC(C(=O)O)CC3)CC2=O)cc1. The maximum atomic E-state index is 12.6. The molecule has 8 nitrogen and oxygen atoms in total. The van der Waals surface area contributed by atoms with Gasteiger partial charge >= 0.3 is 5.97 Å². The van der Waals surface area contributed by atoms with Crippen LogP contribution in [0.25, 0.3) is 0 Å². The van der Waals surface area contributed by atoms with E-state index in [9.17, 15) is 14.4 Å². The number of rotatable bonds is 5. The number of aliphatic carboxylic acids is 1. The number of carboxylic acids is 1. The molecule has 1 atom stereocenters. The fraction of sp³-hybridized carbons (Fsp3) is 0.500. The third-order valence-electron chi connectivity index (χ3n) is 5.71. The Morgan fingerprint density at radius 3 is 2.25 bits per heavy atom. The number of carbonyl (C=O) groups excluding carboxylic acids is 2. The highest BCUT2D eigenvalue weighted by Gasteiger charge is 2.33. The Hall–Kier alpha value is -2.90. The average molecular weight is 386 g/mol. The molecule has 0 aromatic heterocycles. The minimum atomic E-state index is -0.765. The molecule has 2 amide bonds. The van der Waals surface area contributed by atoms with E-state index in [4.69, 9.17) is 16.2 Å². The maximum Gasteiger partial charge on any atom is 0.306 e. The van der Waals surface area contributed by atoms with Crippen molar-refractivity contribution in [3.8, 4) is 0 Å². The topological polar surface area (TPSA) is 137 Å². The molecule has 1 heterocycles. The summed E-state index contributed by atoms with van der Waals surface area (Å²) in [5.74, 6) is -1.66. The van der Waals surface area contributed by atoms with Crippen molar-refractivity contribution in [2.24, 2.45) is 17.6 Å². The molecule has 28 heavy (non-hydrogen) atoms. The number of benzene rings is 1. The summed E-state index contributed by atoms with van der Waals surface area (Å²) in [6.45, 7) is 0.460. The van der Waals surface area contributed by atoms with Crippen LogP contribution in [0.4, 0.5) is 5.69 Å². The van der Waals surface area contributed by atoms with Gasteiger partial charge in [-0.05, 0) is 56.4 Å². The number of piperidine rings is 1. The highest BCUT2D eigenvalue weighted by atomic mass is 16.4. The van der Waals surface area contributed by atoms with Crippen molar-refractivity contribution in [2.45, 2.75) is 44.6 Å². The van der Waals surface area contributed by atoms with Crippen molar-refractivity contribution in [1.29, 1.82) is 5.41 Å². The summed E-state index contributed by atoms with van der Waals surface area (Å²) in [5, 5.41) is 19.5. The number of nitrogens with one attached hydrogen (secondary N) is 2. The van der Waals surface area contributed by atoms with E-state index in [2.05, 4.69) is 5.32 Å². The molecule has 0 radical (unpaired) electrons. The normalized spacial score (nSPS) is 25.2. The highest BCUT2D eigenvalue weighted by Crippen LogP contribution is 2.27. The van der Waals surface area contributed by atoms with Crippen molar-refractivity contribution in [3.05, 3.63) is 29.8 Å². The summed E-state index contributed by atoms with van der Waals surface area (Å²) in [7, 11) is 0. The summed E-state index contributed by atoms with van der Waals surface area (Å²) >= 11 is 0. The molecule has 1 aliphatic heterocycles. The zero-order valence-corrected chi connectivity index (χ0v) is 15.7. The van der Waals surface area contributed by atoms with Gasteiger partial charge in [0.25, 0.3) is 0 Å². The molecule has 2 aliphatic rings. The van der Waals surface area contributed by atoms with Gasteiger partial charge in [0.05, 0.1) is 5.92 Å². The predicted octanol–water partition coefficient (Wildman–Crippen LogP) is 1.47. The fourth-order valence-electron chi connectivity index (χ4n) is 3.95. The third-order valence-corrected chi connectivity index (χ3v) is 5.71. The van der Waals surface area contributed by atoms with E-state index >= 15 is 0 Å². The van der Waals surface area contributed by atoms with E-state index in [1.54, 1.807) is 29.2 Å². The Kier molecular flexibility index (Phi) is 5.96. The average Bonchev–Trinajstić information content (AvgIpc) is 2.68. The zero-order valence-electron chi connectivity index (χ0n) is 15.7. The Balaban J connectivity index is 1.52. The molecular formula is C20H26N4O4. The van der Waals surface area contributed by atoms with Crippen LogP contribution in [0.1, 0.15) is 44.1 Å². The number of carbonyl (C=O) groups is 3. The van der Waals surface area contributed by atoms with Crippen LogP contribution in [0.2, 0.25) is 0 Å². The molecule has 8 heteroatoms. The van der Waals surface area contributed by atoms with Gasteiger partial charge in [0.15, 0.2) is 0 Å². The molecule has 2 fully saturated rings. The van der Waals surface area contributed by atoms with E-state index in [0.29, 0.717) is 44.2 Å². The number of nitrogens with zero attached hydrogens (tertiary/aromatic N) is 1. The van der Waals surface area contributed by atoms with Gasteiger partial charge in [-0.15, -0.1) is 0 Å². The van der Waals surface area contributed by atoms with Crippen LogP contribution in [0, 0.1) is 17.2 Å². The summed E-state index contributed by atoms with van der Waals surface area (Å²) in [6, 6.07) is 6.93. The van der Waals surface area contributed by atoms with Crippen LogP contribution >= 0.6 is 0 Å². The molecule has 1 unspecified atom stereocenters. The van der Waals surface area contributed by atoms with Gasteiger partial charge < -0.3 is 21.1 Å². The molecule has 5 N–H and O–H groups in total. The molecule has 3 rings (SSSR count). The number of carboxylic acid groups (broad SMARTS) is 1. The number of hydrogen-bond donors (Lipinski definition) is 4. The summed E-state index contributed by atoms with van der Waals surface area (Å²) in [6.07, 6.45) is 3.22. The quantitative estimate of drug-likeness (QED) is 0.449. The Morgan fingerprint density at radius 2 is 1.71 bits per heavy atom. The fourth-order valence-corrected chi connectivity index (χ4v) is 3.95. The second-order valence-electron chi connectivity index (χ2n) is 7.59. The van der Waals surface area contributed by atoms with Crippen molar-refractivity contribution in [2.75, 3.05) is 11.4 Å². The van der Waals surface area contributed by atoms with Crippen LogP contribution in [-0.2, 0) is 14.4 Å². The Morgan fingerprint density at radius 1 is 1.07 bits per heavy atom. The van der Waals surface area contributed by atoms with E-state index < -0.39 is 5.97 Å². The van der Waals surface area contributed by atoms with Gasteiger partial charge in [0.1, 0.15) is 5.84 Å². The first-order chi connectivity index (χ1) is 13.3. The van der Waals surface area contributed by atoms with Crippen molar-refractivity contribution in [1.82, 2.24) is 5.32 Å². The smallest absolute Gasteiger partial charge is 0.306 e. The molecule has 0 spiro atoms. The van der Waals surface area contributed by atoms with Gasteiger partial charge in [0.2, 0.25) is 11.8 Å². The number of amidine groups is 1. The molecule has 1 aromatic carbocycles. The second-order valence-corrected chi connectivity index (χ2v) is 7.59. The lowest BCUT2D eigenvalue weighted by Crippen LogP contribution is -2.47. The van der Waals surface area contributed by atoms with Crippen LogP contribution in [0.3, 0.4) is 0 Å². The van der Waals surface area contributed by atoms with E-state index in [-0.39, 0.29) is 41.9 Å². The first kappa shape index (κ1) is 19.9. The standard InChI is InChI=1S/C20H26N4O4/c21-18(22)12-3-7-16(8-4-12)24-10-9-14(11-17(24)25)19(26)23-15-5-1-13(2-6-15)20(27)28/h3-4,7-8,13-15H,1-2,5-6,9-11H2,(H3,21,22)(H,23,26)(H,27,28). The van der Waals surface area contributed by atoms with Crippen molar-refractivity contribution < 1.29 is 19.5 Å². The van der Waals surface area contributed by atoms with Gasteiger partial charge in [-0.1, -0.05) is 0 Å². The maximum absolute atomic E-state index is 12.6. The summed E-state index contributed by atoms with van der Waals surface area (Å²) < 4.78 is 0. The van der Waals surface area contributed by atoms with E-state index in [1.807, 2.05) is 0 Å². The molecular weight excluding hydrogens is 360 g/mol. The van der Waals surface area contributed by atoms with E-state index in [0.717, 1.165) is 5.69 Å². The largest absolute Gasteiger partial charge is 0.481 e. The molecule has 1 saturated heterocycles. The third kappa shape index (κ3) is 4.49. The molecule has 1 aromatic rings. The van der Waals surface area contributed by atoms with Gasteiger partial charge in [-0.2, -0.15) is 0 Å². The first-order valence-corrected chi connectivity index (χ1v) is 9.63. The lowest BCUT2D eigenvalue weighted by atomic mass is 9.85. The number of amides is 2. The number of nitrogens with two attached hydrogens (primary N) is 1. The minimum Gasteiger partial charge on any atom is -0.481 e. The summed E-state index contributed by atoms with van der Waals surface area (Å²) in [5.41, 5.74) is 6.79. The van der Waals surface area contributed by atoms with Gasteiger partial charge in [0, 0.05) is 36.2 Å². The molecule has 150 valence electrons. The Bertz CT molecular complexity index is 769. The zero-order chi connectivity index (χ0) is 20.3. The van der Waals surface area contributed by atoms with Crippen LogP contribution in [0.15, 0.2) is 24.3 Å². The predicted molar refractivity (Wildman–Crippen MR) is 104 cm³/mol. The van der Waals surface area contributed by atoms with Gasteiger partial charge in [-0.3, -0.25) is 19.8 Å². The second kappa shape index (κ2) is 8.41. The van der Waals surface area contributed by atoms with Gasteiger partial charge in [-0.25, -0.2) is 0 Å². The molecule has 0 bridgehead atoms. The lowest BCUT2D eigenvalue weighted by molar-refractivity contribution is -0.143. The first-order valence-electron chi connectivity index (χ1n) is 9.63. The van der Waals surface area contributed by atoms with Crippen LogP contribution < -0.4 is 16.0 Å². The van der Waals surface area contributed by atoms with Crippen molar-refractivity contribution in [3.63, 3.8) is 0 Å². The highest BCUT2D eigenvalue weighted by molar-refractivity contribution is 5.99. The number of anilines is 1. The monoisotopic (exact) mass is 386 g/mol. The number of hydrogen-bond acceptors (Lipinski definition) is 4. The minimum absolute atomic E-state index is 0.00430. The van der Waals surface area contributed by atoms with Crippen LogP contribution in [0.5, 0.6) is 0 Å². The molecule has 1 saturated carbocycles. The Labute approximate surface area is 163 Å². The summed E-state index contributed by atoms with van der Waals surface area (Å²) in [4.78, 5) is 37.8. The van der Waals surface area contributed by atoms with Crippen LogP contribution in [-0.4, -0.2) is 41.3 Å². The van der Waals surface area contributed by atoms with E-state index in [1.165, 1.54) is 0 Å². The van der Waals surface area contributed by atoms with Crippen molar-refractivity contribution >= 4 is 29.3 Å². The molecule has 1 aliphatic carbocycles. The lowest BCUT2D eigenvalue weighted by Gasteiger charge is -2.33.